The molecule has 0 aliphatic carbocycles. The Morgan fingerprint density at radius 1 is 1.26 bits per heavy atom. The van der Waals surface area contributed by atoms with Gasteiger partial charge in [-0.25, -0.2) is 0 Å². The zero-order valence-electron chi connectivity index (χ0n) is 11.4. The van der Waals surface area contributed by atoms with Crippen LogP contribution >= 0.6 is 11.6 Å². The molecule has 0 aliphatic heterocycles. The standard InChI is InChI=1S/C15H18ClNO2/c1-10-6-13(4-5-15(10)16)18-9-14-7-12(8-17-3)11(2)19-14/h4-7,17H,8-9H2,1-3H3. The molecule has 102 valence electrons. The predicted octanol–water partition coefficient (Wildman–Crippen LogP) is 3.85. The second kappa shape index (κ2) is 6.13. The highest BCUT2D eigenvalue weighted by molar-refractivity contribution is 6.31. The Morgan fingerprint density at radius 2 is 2.05 bits per heavy atom. The molecule has 1 aromatic carbocycles. The van der Waals surface area contributed by atoms with Gasteiger partial charge in [-0.1, -0.05) is 11.6 Å². The Kier molecular flexibility index (Phi) is 4.51. The molecule has 1 N–H and O–H groups in total. The molecule has 3 nitrogen and oxygen atoms in total. The molecule has 4 heteroatoms. The van der Waals surface area contributed by atoms with Crippen LogP contribution in [0.2, 0.25) is 5.02 Å². The molecular formula is C15H18ClNO2. The number of hydrogen-bond donors (Lipinski definition) is 1. The van der Waals surface area contributed by atoms with Crippen LogP contribution in [0.15, 0.2) is 28.7 Å². The van der Waals surface area contributed by atoms with Gasteiger partial charge < -0.3 is 14.5 Å². The average molecular weight is 280 g/mol. The van der Waals surface area contributed by atoms with E-state index < -0.39 is 0 Å². The van der Waals surface area contributed by atoms with Gasteiger partial charge >= 0.3 is 0 Å². The van der Waals surface area contributed by atoms with Gasteiger partial charge in [0.1, 0.15) is 23.9 Å². The third-order valence-electron chi connectivity index (χ3n) is 2.95. The minimum atomic E-state index is 0.422. The second-order valence-corrected chi connectivity index (χ2v) is 4.93. The van der Waals surface area contributed by atoms with Crippen LogP contribution in [-0.4, -0.2) is 7.05 Å². The molecule has 0 spiro atoms. The molecule has 1 aromatic heterocycles. The van der Waals surface area contributed by atoms with Crippen molar-refractivity contribution in [1.82, 2.24) is 5.32 Å². The van der Waals surface area contributed by atoms with Crippen molar-refractivity contribution in [2.45, 2.75) is 27.0 Å². The largest absolute Gasteiger partial charge is 0.486 e. The van der Waals surface area contributed by atoms with Gasteiger partial charge in [0.05, 0.1) is 0 Å². The molecule has 19 heavy (non-hydrogen) atoms. The SMILES string of the molecule is CNCc1cc(COc2ccc(Cl)c(C)c2)oc1C. The summed E-state index contributed by atoms with van der Waals surface area (Å²) in [6, 6.07) is 7.65. The first-order valence-electron chi connectivity index (χ1n) is 6.22. The van der Waals surface area contributed by atoms with Crippen LogP contribution < -0.4 is 10.1 Å². The van der Waals surface area contributed by atoms with Crippen molar-refractivity contribution in [3.8, 4) is 5.75 Å². The number of benzene rings is 1. The zero-order chi connectivity index (χ0) is 13.8. The maximum absolute atomic E-state index is 5.98. The molecule has 0 saturated carbocycles. The van der Waals surface area contributed by atoms with Crippen LogP contribution in [0.25, 0.3) is 0 Å². The molecule has 0 bridgehead atoms. The lowest BCUT2D eigenvalue weighted by Gasteiger charge is -2.05. The van der Waals surface area contributed by atoms with E-state index in [0.717, 1.165) is 40.0 Å². The highest BCUT2D eigenvalue weighted by Crippen LogP contribution is 2.22. The average Bonchev–Trinajstić information content (AvgIpc) is 2.72. The van der Waals surface area contributed by atoms with E-state index in [1.165, 1.54) is 0 Å². The number of halogens is 1. The lowest BCUT2D eigenvalue weighted by atomic mass is 10.2. The van der Waals surface area contributed by atoms with E-state index in [1.807, 2.05) is 45.2 Å². The van der Waals surface area contributed by atoms with Crippen molar-refractivity contribution < 1.29 is 9.15 Å². The van der Waals surface area contributed by atoms with Gasteiger partial charge in [-0.05, 0) is 50.7 Å². The van der Waals surface area contributed by atoms with Gasteiger partial charge in [-0.3, -0.25) is 0 Å². The monoisotopic (exact) mass is 279 g/mol. The highest BCUT2D eigenvalue weighted by Gasteiger charge is 2.07. The molecule has 0 aliphatic rings. The smallest absolute Gasteiger partial charge is 0.146 e. The lowest BCUT2D eigenvalue weighted by molar-refractivity contribution is 0.267. The summed E-state index contributed by atoms with van der Waals surface area (Å²) in [5.74, 6) is 2.56. The molecule has 0 atom stereocenters. The van der Waals surface area contributed by atoms with E-state index in [-0.39, 0.29) is 0 Å². The summed E-state index contributed by atoms with van der Waals surface area (Å²) in [6.45, 7) is 5.14. The Labute approximate surface area is 118 Å². The summed E-state index contributed by atoms with van der Waals surface area (Å²) in [7, 11) is 1.92. The van der Waals surface area contributed by atoms with E-state index in [4.69, 9.17) is 20.8 Å². The molecule has 0 radical (unpaired) electrons. The molecule has 1 heterocycles. The van der Waals surface area contributed by atoms with Crippen molar-refractivity contribution >= 4 is 11.6 Å². The van der Waals surface area contributed by atoms with Crippen molar-refractivity contribution in [2.75, 3.05) is 7.05 Å². The van der Waals surface area contributed by atoms with Crippen LogP contribution in [0.1, 0.15) is 22.6 Å². The van der Waals surface area contributed by atoms with Crippen LogP contribution in [0.3, 0.4) is 0 Å². The van der Waals surface area contributed by atoms with Crippen LogP contribution in [0.5, 0.6) is 5.75 Å². The molecule has 2 aromatic rings. The van der Waals surface area contributed by atoms with E-state index in [1.54, 1.807) is 0 Å². The van der Waals surface area contributed by atoms with Gasteiger partial charge in [0.15, 0.2) is 0 Å². The lowest BCUT2D eigenvalue weighted by Crippen LogP contribution is -2.04. The summed E-state index contributed by atoms with van der Waals surface area (Å²) in [5.41, 5.74) is 2.17. The topological polar surface area (TPSA) is 34.4 Å². The summed E-state index contributed by atoms with van der Waals surface area (Å²) < 4.78 is 11.4. The minimum absolute atomic E-state index is 0.422. The maximum atomic E-state index is 5.98. The Balaban J connectivity index is 2.01. The minimum Gasteiger partial charge on any atom is -0.486 e. The van der Waals surface area contributed by atoms with Crippen LogP contribution in [0, 0.1) is 13.8 Å². The predicted molar refractivity (Wildman–Crippen MR) is 76.7 cm³/mol. The second-order valence-electron chi connectivity index (χ2n) is 4.52. The summed E-state index contributed by atoms with van der Waals surface area (Å²) >= 11 is 5.98. The third kappa shape index (κ3) is 3.52. The molecule has 0 amide bonds. The maximum Gasteiger partial charge on any atom is 0.146 e. The molecule has 0 fully saturated rings. The number of ether oxygens (including phenoxy) is 1. The van der Waals surface area contributed by atoms with E-state index in [0.29, 0.717) is 6.61 Å². The number of furan rings is 1. The third-order valence-corrected chi connectivity index (χ3v) is 3.37. The summed E-state index contributed by atoms with van der Waals surface area (Å²) in [4.78, 5) is 0. The fraction of sp³-hybridized carbons (Fsp3) is 0.333. The summed E-state index contributed by atoms with van der Waals surface area (Å²) in [5, 5.41) is 3.86. The van der Waals surface area contributed by atoms with Gasteiger partial charge in [-0.2, -0.15) is 0 Å². The Hall–Kier alpha value is -1.45. The first-order chi connectivity index (χ1) is 9.10. The normalized spacial score (nSPS) is 10.7. The fourth-order valence-corrected chi connectivity index (χ4v) is 2.00. The molecule has 0 saturated heterocycles. The highest BCUT2D eigenvalue weighted by atomic mass is 35.5. The van der Waals surface area contributed by atoms with Crippen molar-refractivity contribution in [3.05, 3.63) is 51.9 Å². The first-order valence-corrected chi connectivity index (χ1v) is 6.59. The van der Waals surface area contributed by atoms with Gasteiger partial charge in [0, 0.05) is 17.1 Å². The van der Waals surface area contributed by atoms with Gasteiger partial charge in [0.2, 0.25) is 0 Å². The van der Waals surface area contributed by atoms with Crippen LogP contribution in [0.4, 0.5) is 0 Å². The van der Waals surface area contributed by atoms with E-state index in [9.17, 15) is 0 Å². The van der Waals surface area contributed by atoms with E-state index >= 15 is 0 Å². The molecule has 2 rings (SSSR count). The van der Waals surface area contributed by atoms with E-state index in [2.05, 4.69) is 5.32 Å². The fourth-order valence-electron chi connectivity index (χ4n) is 1.89. The Morgan fingerprint density at radius 3 is 2.74 bits per heavy atom. The van der Waals surface area contributed by atoms with Crippen molar-refractivity contribution in [1.29, 1.82) is 0 Å². The number of rotatable bonds is 5. The number of aryl methyl sites for hydroxylation is 2. The van der Waals surface area contributed by atoms with Crippen molar-refractivity contribution in [3.63, 3.8) is 0 Å². The summed E-state index contributed by atoms with van der Waals surface area (Å²) in [6.07, 6.45) is 0. The van der Waals surface area contributed by atoms with Crippen molar-refractivity contribution in [2.24, 2.45) is 0 Å². The quantitative estimate of drug-likeness (QED) is 0.903. The molecular weight excluding hydrogens is 262 g/mol. The van der Waals surface area contributed by atoms with Gasteiger partial charge in [0.25, 0.3) is 0 Å². The molecule has 0 unspecified atom stereocenters. The number of nitrogens with one attached hydrogen (secondary N) is 1. The van der Waals surface area contributed by atoms with Crippen LogP contribution in [-0.2, 0) is 13.2 Å². The van der Waals surface area contributed by atoms with Gasteiger partial charge in [-0.15, -0.1) is 0 Å². The Bertz CT molecular complexity index is 563. The number of hydrogen-bond acceptors (Lipinski definition) is 3. The first kappa shape index (κ1) is 14.0. The zero-order valence-corrected chi connectivity index (χ0v) is 12.2.